The molecule has 0 atom stereocenters. The van der Waals surface area contributed by atoms with E-state index in [2.05, 4.69) is 86.4 Å². The predicted molar refractivity (Wildman–Crippen MR) is 126 cm³/mol. The normalized spacial score (nSPS) is 19.1. The van der Waals surface area contributed by atoms with Crippen LogP contribution in [0.1, 0.15) is 87.0 Å². The van der Waals surface area contributed by atoms with Crippen molar-refractivity contribution >= 4 is 0 Å². The molecule has 2 aromatic rings. The van der Waals surface area contributed by atoms with E-state index in [0.29, 0.717) is 5.92 Å². The summed E-state index contributed by atoms with van der Waals surface area (Å²) >= 11 is 0. The summed E-state index contributed by atoms with van der Waals surface area (Å²) < 4.78 is 0. The van der Waals surface area contributed by atoms with Gasteiger partial charge in [0, 0.05) is 5.56 Å². The molecule has 152 valence electrons. The van der Waals surface area contributed by atoms with Crippen molar-refractivity contribution in [1.29, 1.82) is 0 Å². The first-order valence-electron chi connectivity index (χ1n) is 11.6. The lowest BCUT2D eigenvalue weighted by Gasteiger charge is -2.27. The van der Waals surface area contributed by atoms with E-state index < -0.39 is 0 Å². The van der Waals surface area contributed by atoms with Crippen LogP contribution in [0.3, 0.4) is 0 Å². The summed E-state index contributed by atoms with van der Waals surface area (Å²) in [5.74, 6) is 7.96. The summed E-state index contributed by atoms with van der Waals surface area (Å²) in [6.45, 7) is 4.49. The molecule has 0 amide bonds. The van der Waals surface area contributed by atoms with E-state index >= 15 is 0 Å². The molecule has 0 N–H and O–H groups in total. The van der Waals surface area contributed by atoms with E-state index in [-0.39, 0.29) is 0 Å². The van der Waals surface area contributed by atoms with Gasteiger partial charge in [0.2, 0.25) is 0 Å². The van der Waals surface area contributed by atoms with Crippen molar-refractivity contribution < 1.29 is 0 Å². The molecule has 2 aromatic carbocycles. The molecule has 0 unspecified atom stereocenters. The first kappa shape index (κ1) is 21.4. The maximum atomic E-state index is 3.28. The molecule has 1 saturated carbocycles. The van der Waals surface area contributed by atoms with Crippen LogP contribution < -0.4 is 0 Å². The van der Waals surface area contributed by atoms with Crippen molar-refractivity contribution in [3.8, 4) is 11.8 Å². The second-order valence-corrected chi connectivity index (χ2v) is 8.53. The van der Waals surface area contributed by atoms with Crippen molar-refractivity contribution in [3.63, 3.8) is 0 Å². The fourth-order valence-corrected chi connectivity index (χ4v) is 4.33. The highest BCUT2D eigenvalue weighted by Crippen LogP contribution is 2.36. The van der Waals surface area contributed by atoms with Crippen LogP contribution in [0.4, 0.5) is 0 Å². The van der Waals surface area contributed by atoms with E-state index in [1.807, 2.05) is 0 Å². The molecule has 1 fully saturated rings. The molecule has 1 aliphatic rings. The van der Waals surface area contributed by atoms with Crippen LogP contribution in [0.15, 0.2) is 60.7 Å². The highest BCUT2D eigenvalue weighted by Gasteiger charge is 2.20. The van der Waals surface area contributed by atoms with Gasteiger partial charge in [0.25, 0.3) is 0 Å². The largest absolute Gasteiger partial charge is 0.0730 e. The second kappa shape index (κ2) is 11.7. The highest BCUT2D eigenvalue weighted by atomic mass is 14.3. The lowest BCUT2D eigenvalue weighted by atomic mass is 9.78. The Morgan fingerprint density at radius 1 is 0.793 bits per heavy atom. The molecule has 0 nitrogen and oxygen atoms in total. The van der Waals surface area contributed by atoms with Gasteiger partial charge in [-0.15, -0.1) is 0 Å². The molecule has 1 aliphatic carbocycles. The number of unbranched alkanes of at least 4 members (excludes halogenated alkanes) is 1. The Morgan fingerprint density at radius 2 is 1.45 bits per heavy atom. The zero-order chi connectivity index (χ0) is 20.3. The van der Waals surface area contributed by atoms with Gasteiger partial charge in [-0.1, -0.05) is 81.0 Å². The molecule has 0 aromatic heterocycles. The standard InChI is InChI=1S/C29H36/c1-3-5-9-25-12-14-26(15-13-25)10-6-7-11-27-18-22-29(23-19-27)28-20-16-24(8-4-2)17-21-28/h7,11-17,20-21,27,29H,3-5,8-9,18-19,22-23H2,1-2H3/b11-7+/t27-,29-. The molecule has 0 radical (unpaired) electrons. The molecular weight excluding hydrogens is 348 g/mol. The van der Waals surface area contributed by atoms with Crippen LogP contribution in [0.5, 0.6) is 0 Å². The van der Waals surface area contributed by atoms with Crippen molar-refractivity contribution in [2.45, 2.75) is 77.6 Å². The molecule has 3 rings (SSSR count). The number of allylic oxidation sites excluding steroid dienone is 2. The minimum atomic E-state index is 0.691. The van der Waals surface area contributed by atoms with Crippen LogP contribution >= 0.6 is 0 Å². The van der Waals surface area contributed by atoms with Gasteiger partial charge in [-0.25, -0.2) is 0 Å². The lowest BCUT2D eigenvalue weighted by molar-refractivity contribution is 0.376. The number of hydrogen-bond acceptors (Lipinski definition) is 0. The van der Waals surface area contributed by atoms with Crippen molar-refractivity contribution in [3.05, 3.63) is 82.9 Å². The average Bonchev–Trinajstić information content (AvgIpc) is 2.77. The van der Waals surface area contributed by atoms with Crippen molar-refractivity contribution in [2.75, 3.05) is 0 Å². The molecule has 29 heavy (non-hydrogen) atoms. The summed E-state index contributed by atoms with van der Waals surface area (Å²) in [7, 11) is 0. The van der Waals surface area contributed by atoms with Gasteiger partial charge in [0.15, 0.2) is 0 Å². The van der Waals surface area contributed by atoms with Gasteiger partial charge in [-0.05, 0) is 91.7 Å². The monoisotopic (exact) mass is 384 g/mol. The van der Waals surface area contributed by atoms with Gasteiger partial charge in [-0.2, -0.15) is 0 Å². The van der Waals surface area contributed by atoms with E-state index in [1.54, 1.807) is 0 Å². The zero-order valence-electron chi connectivity index (χ0n) is 18.3. The van der Waals surface area contributed by atoms with Gasteiger partial charge in [0.1, 0.15) is 0 Å². The van der Waals surface area contributed by atoms with E-state index in [1.165, 1.54) is 74.5 Å². The summed E-state index contributed by atoms with van der Waals surface area (Å²) in [6, 6.07) is 18.1. The van der Waals surface area contributed by atoms with E-state index in [0.717, 1.165) is 11.5 Å². The Kier molecular flexibility index (Phi) is 8.63. The molecule has 0 saturated heterocycles. The Bertz CT molecular complexity index is 803. The average molecular weight is 385 g/mol. The third-order valence-corrected chi connectivity index (χ3v) is 6.20. The topological polar surface area (TPSA) is 0 Å². The fourth-order valence-electron chi connectivity index (χ4n) is 4.33. The Balaban J connectivity index is 1.44. The van der Waals surface area contributed by atoms with Gasteiger partial charge in [-0.3, -0.25) is 0 Å². The summed E-state index contributed by atoms with van der Waals surface area (Å²) in [6.07, 6.45) is 15.7. The highest BCUT2D eigenvalue weighted by molar-refractivity contribution is 5.38. The molecule has 0 aliphatic heterocycles. The molecule has 0 heterocycles. The van der Waals surface area contributed by atoms with Gasteiger partial charge in [0.05, 0.1) is 0 Å². The third-order valence-electron chi connectivity index (χ3n) is 6.20. The third kappa shape index (κ3) is 6.93. The van der Waals surface area contributed by atoms with Crippen molar-refractivity contribution in [1.82, 2.24) is 0 Å². The van der Waals surface area contributed by atoms with Crippen molar-refractivity contribution in [2.24, 2.45) is 5.92 Å². The Hall–Kier alpha value is -2.26. The Morgan fingerprint density at radius 3 is 2.10 bits per heavy atom. The summed E-state index contributed by atoms with van der Waals surface area (Å²) in [5.41, 5.74) is 5.55. The SMILES string of the molecule is CCCCc1ccc(C#C/C=C/[C@H]2CC[C@H](c3ccc(CCC)cc3)CC2)cc1. The zero-order valence-corrected chi connectivity index (χ0v) is 18.3. The van der Waals surface area contributed by atoms with Crippen LogP contribution in [-0.2, 0) is 12.8 Å². The van der Waals surface area contributed by atoms with Crippen LogP contribution in [-0.4, -0.2) is 0 Å². The van der Waals surface area contributed by atoms with Crippen LogP contribution in [0, 0.1) is 17.8 Å². The summed E-state index contributed by atoms with van der Waals surface area (Å²) in [4.78, 5) is 0. The molecule has 0 bridgehead atoms. The maximum Gasteiger partial charge on any atom is 0.0249 e. The van der Waals surface area contributed by atoms with Crippen LogP contribution in [0.2, 0.25) is 0 Å². The predicted octanol–water partition coefficient (Wildman–Crippen LogP) is 7.86. The van der Waals surface area contributed by atoms with E-state index in [9.17, 15) is 0 Å². The number of benzene rings is 2. The van der Waals surface area contributed by atoms with Gasteiger partial charge < -0.3 is 0 Å². The molecule has 0 heteroatoms. The minimum Gasteiger partial charge on any atom is -0.0730 e. The quantitative estimate of drug-likeness (QED) is 0.426. The van der Waals surface area contributed by atoms with E-state index in [4.69, 9.17) is 0 Å². The van der Waals surface area contributed by atoms with Gasteiger partial charge >= 0.3 is 0 Å². The Labute approximate surface area is 178 Å². The van der Waals surface area contributed by atoms with Crippen LogP contribution in [0.25, 0.3) is 0 Å². The summed E-state index contributed by atoms with van der Waals surface area (Å²) in [5, 5.41) is 0. The first-order chi connectivity index (χ1) is 14.3. The number of hydrogen-bond donors (Lipinski definition) is 0. The molecule has 0 spiro atoms. The number of aryl methyl sites for hydroxylation is 2. The minimum absolute atomic E-state index is 0.691. The lowest BCUT2D eigenvalue weighted by Crippen LogP contribution is -2.11. The smallest absolute Gasteiger partial charge is 0.0249 e. The number of rotatable bonds is 7. The second-order valence-electron chi connectivity index (χ2n) is 8.53. The maximum absolute atomic E-state index is 3.28. The first-order valence-corrected chi connectivity index (χ1v) is 11.6. The molecular formula is C29H36. The fraction of sp³-hybridized carbons (Fsp3) is 0.448.